The monoisotopic (exact) mass is 463 g/mol. The van der Waals surface area contributed by atoms with Crippen molar-refractivity contribution in [2.24, 2.45) is 11.0 Å². The van der Waals surface area contributed by atoms with Crippen molar-refractivity contribution in [2.75, 3.05) is 12.4 Å². The van der Waals surface area contributed by atoms with Gasteiger partial charge >= 0.3 is 6.36 Å². The number of carbonyl (C=O) groups excluding carboxylic acids is 2. The third kappa shape index (κ3) is 6.24. The number of carbonyl (C=O) groups is 2. The Balaban J connectivity index is 1.89. The number of benzene rings is 2. The summed E-state index contributed by atoms with van der Waals surface area (Å²) in [6.45, 7) is 3.55. The summed E-state index contributed by atoms with van der Waals surface area (Å²) in [5, 5.41) is 8.57. The number of hydrazone groups is 1. The smallest absolute Gasteiger partial charge is 0.493 e. The van der Waals surface area contributed by atoms with Crippen LogP contribution >= 0.6 is 0 Å². The summed E-state index contributed by atoms with van der Waals surface area (Å²) >= 11 is 0. The molecule has 0 aromatic heterocycles. The van der Waals surface area contributed by atoms with E-state index in [1.807, 2.05) is 6.92 Å². The number of nitrogens with zero attached hydrogens (tertiary/aromatic N) is 2. The highest BCUT2D eigenvalue weighted by atomic mass is 19.4. The number of anilines is 1. The van der Waals surface area contributed by atoms with Crippen molar-refractivity contribution in [3.05, 3.63) is 53.6 Å². The molecule has 0 fully saturated rings. The molecule has 1 N–H and O–H groups in total. The molecule has 7 nitrogen and oxygen atoms in total. The summed E-state index contributed by atoms with van der Waals surface area (Å²) in [5.74, 6) is -1.06. The Bertz CT molecular complexity index is 1050. The van der Waals surface area contributed by atoms with Gasteiger partial charge in [-0.25, -0.2) is 5.01 Å². The third-order valence-electron chi connectivity index (χ3n) is 5.11. The summed E-state index contributed by atoms with van der Waals surface area (Å²) < 4.78 is 47.1. The van der Waals surface area contributed by atoms with Crippen LogP contribution in [0.4, 0.5) is 18.9 Å². The highest BCUT2D eigenvalue weighted by Gasteiger charge is 2.33. The molecule has 176 valence electrons. The Morgan fingerprint density at radius 1 is 1.18 bits per heavy atom. The molecule has 0 spiro atoms. The SMILES string of the molecule is CCC1CC(=O)N(Cc2ccc(NC(C)=O)cc2)N=C1c1ccc(OC(F)(F)F)c(OC)c1. The molecular weight excluding hydrogens is 439 g/mol. The average Bonchev–Trinajstić information content (AvgIpc) is 2.75. The van der Waals surface area contributed by atoms with Crippen LogP contribution in [0.1, 0.15) is 37.8 Å². The standard InChI is InChI=1S/C23H24F3N3O4/c1-4-16-12-21(31)29(13-15-5-8-18(9-6-15)27-14(2)30)28-22(16)17-7-10-19(20(11-17)32-3)33-23(24,25)26/h5-11,16H,4,12-13H2,1-3H3,(H,27,30). The van der Waals surface area contributed by atoms with E-state index in [-0.39, 0.29) is 36.4 Å². The Kier molecular flexibility index (Phi) is 7.25. The van der Waals surface area contributed by atoms with Crippen LogP contribution in [0.5, 0.6) is 11.5 Å². The van der Waals surface area contributed by atoms with Gasteiger partial charge in [-0.05, 0) is 42.3 Å². The van der Waals surface area contributed by atoms with Gasteiger partial charge in [-0.2, -0.15) is 5.10 Å². The zero-order valence-electron chi connectivity index (χ0n) is 18.4. The first-order valence-electron chi connectivity index (χ1n) is 10.3. The summed E-state index contributed by atoms with van der Waals surface area (Å²) in [4.78, 5) is 23.9. The van der Waals surface area contributed by atoms with Crippen molar-refractivity contribution in [3.8, 4) is 11.5 Å². The Hall–Kier alpha value is -3.56. The van der Waals surface area contributed by atoms with Crippen LogP contribution in [0.25, 0.3) is 0 Å². The quantitative estimate of drug-likeness (QED) is 0.645. The van der Waals surface area contributed by atoms with Crippen LogP contribution in [0.15, 0.2) is 47.6 Å². The van der Waals surface area contributed by atoms with E-state index in [1.165, 1.54) is 37.2 Å². The second-order valence-corrected chi connectivity index (χ2v) is 7.54. The van der Waals surface area contributed by atoms with E-state index in [0.717, 1.165) is 5.56 Å². The molecule has 0 saturated heterocycles. The molecule has 2 amide bonds. The Morgan fingerprint density at radius 3 is 2.45 bits per heavy atom. The minimum atomic E-state index is -4.85. The lowest BCUT2D eigenvalue weighted by Crippen LogP contribution is -2.36. The minimum Gasteiger partial charge on any atom is -0.493 e. The second kappa shape index (κ2) is 9.93. The zero-order chi connectivity index (χ0) is 24.2. The fourth-order valence-electron chi connectivity index (χ4n) is 3.54. The largest absolute Gasteiger partial charge is 0.573 e. The van der Waals surface area contributed by atoms with Gasteiger partial charge in [0.2, 0.25) is 11.8 Å². The van der Waals surface area contributed by atoms with E-state index < -0.39 is 12.1 Å². The second-order valence-electron chi connectivity index (χ2n) is 7.54. The van der Waals surface area contributed by atoms with Gasteiger partial charge in [0.1, 0.15) is 0 Å². The molecule has 1 aliphatic heterocycles. The number of nitrogens with one attached hydrogen (secondary N) is 1. The Labute approximate surface area is 189 Å². The molecule has 0 radical (unpaired) electrons. The average molecular weight is 463 g/mol. The van der Waals surface area contributed by atoms with Gasteiger partial charge in [0.25, 0.3) is 0 Å². The van der Waals surface area contributed by atoms with Crippen molar-refractivity contribution in [1.29, 1.82) is 0 Å². The fourth-order valence-corrected chi connectivity index (χ4v) is 3.54. The lowest BCUT2D eigenvalue weighted by molar-refractivity contribution is -0.275. The Morgan fingerprint density at radius 2 is 1.88 bits per heavy atom. The van der Waals surface area contributed by atoms with Crippen molar-refractivity contribution in [1.82, 2.24) is 5.01 Å². The molecule has 3 rings (SSSR count). The molecule has 2 aromatic carbocycles. The van der Waals surface area contributed by atoms with Crippen molar-refractivity contribution in [2.45, 2.75) is 39.6 Å². The van der Waals surface area contributed by atoms with E-state index in [0.29, 0.717) is 23.4 Å². The zero-order valence-corrected chi connectivity index (χ0v) is 18.4. The summed E-state index contributed by atoms with van der Waals surface area (Å²) in [7, 11) is 1.25. The van der Waals surface area contributed by atoms with Crippen LogP contribution in [-0.2, 0) is 16.1 Å². The van der Waals surface area contributed by atoms with E-state index in [2.05, 4.69) is 15.2 Å². The van der Waals surface area contributed by atoms with E-state index >= 15 is 0 Å². The first-order chi connectivity index (χ1) is 15.6. The van der Waals surface area contributed by atoms with Gasteiger partial charge in [-0.1, -0.05) is 19.1 Å². The van der Waals surface area contributed by atoms with Crippen LogP contribution in [-0.4, -0.2) is 36.0 Å². The van der Waals surface area contributed by atoms with Gasteiger partial charge in [0.15, 0.2) is 11.5 Å². The van der Waals surface area contributed by atoms with E-state index in [1.54, 1.807) is 24.3 Å². The number of alkyl halides is 3. The molecule has 10 heteroatoms. The normalized spacial score (nSPS) is 16.3. The number of rotatable bonds is 7. The van der Waals surface area contributed by atoms with Gasteiger partial charge in [0.05, 0.1) is 19.4 Å². The van der Waals surface area contributed by atoms with E-state index in [4.69, 9.17) is 4.74 Å². The van der Waals surface area contributed by atoms with Gasteiger partial charge in [-0.3, -0.25) is 9.59 Å². The molecule has 1 atom stereocenters. The van der Waals surface area contributed by atoms with E-state index in [9.17, 15) is 22.8 Å². The van der Waals surface area contributed by atoms with Crippen LogP contribution < -0.4 is 14.8 Å². The third-order valence-corrected chi connectivity index (χ3v) is 5.11. The number of hydrogen-bond acceptors (Lipinski definition) is 5. The molecule has 0 saturated carbocycles. The highest BCUT2D eigenvalue weighted by Crippen LogP contribution is 2.35. The molecular formula is C23H24F3N3O4. The first-order valence-corrected chi connectivity index (χ1v) is 10.3. The minimum absolute atomic E-state index is 0.0839. The summed E-state index contributed by atoms with van der Waals surface area (Å²) in [5.41, 5.74) is 2.58. The fraction of sp³-hybridized carbons (Fsp3) is 0.348. The summed E-state index contributed by atoms with van der Waals surface area (Å²) in [6.07, 6.45) is -3.99. The number of halogens is 3. The van der Waals surface area contributed by atoms with Crippen molar-refractivity contribution >= 4 is 23.2 Å². The van der Waals surface area contributed by atoms with Gasteiger partial charge in [-0.15, -0.1) is 13.2 Å². The van der Waals surface area contributed by atoms with Crippen molar-refractivity contribution < 1.29 is 32.2 Å². The first kappa shape index (κ1) is 24.1. The van der Waals surface area contributed by atoms with Crippen LogP contribution in [0.3, 0.4) is 0 Å². The lowest BCUT2D eigenvalue weighted by Gasteiger charge is -2.29. The maximum Gasteiger partial charge on any atom is 0.573 e. The molecule has 2 aromatic rings. The molecule has 1 aliphatic rings. The number of ether oxygens (including phenoxy) is 2. The lowest BCUT2D eigenvalue weighted by atomic mass is 9.89. The molecule has 1 unspecified atom stereocenters. The van der Waals surface area contributed by atoms with Gasteiger partial charge in [0, 0.05) is 30.5 Å². The molecule has 1 heterocycles. The molecule has 33 heavy (non-hydrogen) atoms. The number of hydrogen-bond donors (Lipinski definition) is 1. The van der Waals surface area contributed by atoms with Gasteiger partial charge < -0.3 is 14.8 Å². The molecule has 0 aliphatic carbocycles. The number of amides is 2. The predicted octanol–water partition coefficient (Wildman–Crippen LogP) is 4.72. The van der Waals surface area contributed by atoms with Crippen LogP contribution in [0.2, 0.25) is 0 Å². The molecule has 0 bridgehead atoms. The highest BCUT2D eigenvalue weighted by molar-refractivity contribution is 6.06. The summed E-state index contributed by atoms with van der Waals surface area (Å²) in [6, 6.07) is 11.1. The topological polar surface area (TPSA) is 80.2 Å². The van der Waals surface area contributed by atoms with Crippen LogP contribution in [0, 0.1) is 5.92 Å². The maximum absolute atomic E-state index is 12.7. The predicted molar refractivity (Wildman–Crippen MR) is 116 cm³/mol. The van der Waals surface area contributed by atoms with Crippen molar-refractivity contribution in [3.63, 3.8) is 0 Å². The number of methoxy groups -OCH3 is 1. The maximum atomic E-state index is 12.7.